The number of nitrogens with one attached hydrogen (secondary N) is 2. The van der Waals surface area contributed by atoms with Crippen LogP contribution in [0.3, 0.4) is 0 Å². The van der Waals surface area contributed by atoms with Crippen LogP contribution in [0.4, 0.5) is 4.39 Å². The number of carbonyl (C=O) groups is 2. The van der Waals surface area contributed by atoms with E-state index in [1.165, 1.54) is 18.2 Å². The van der Waals surface area contributed by atoms with Crippen LogP contribution in [-0.4, -0.2) is 41.9 Å². The number of amides is 2. The zero-order valence-corrected chi connectivity index (χ0v) is 13.8. The third-order valence-electron chi connectivity index (χ3n) is 3.81. The predicted octanol–water partition coefficient (Wildman–Crippen LogP) is 1.19. The van der Waals surface area contributed by atoms with Gasteiger partial charge in [-0.05, 0) is 37.0 Å². The molecule has 0 saturated carbocycles. The average Bonchev–Trinajstić information content (AvgIpc) is 2.91. The Balaban J connectivity index is 2.04. The smallest absolute Gasteiger partial charge is 0.252 e. The Bertz CT molecular complexity index is 594. The lowest BCUT2D eigenvalue weighted by molar-refractivity contribution is -0.127. The lowest BCUT2D eigenvalue weighted by atomic mass is 10.0. The maximum absolute atomic E-state index is 13.2. The molecule has 1 aliphatic rings. The van der Waals surface area contributed by atoms with E-state index in [2.05, 4.69) is 10.6 Å². The second-order valence-electron chi connectivity index (χ2n) is 6.33. The number of carbonyl (C=O) groups excluding carboxylic acids is 2. The first-order chi connectivity index (χ1) is 11.4. The zero-order chi connectivity index (χ0) is 17.7. The van der Waals surface area contributed by atoms with Gasteiger partial charge in [0.25, 0.3) is 5.91 Å². The second-order valence-corrected chi connectivity index (χ2v) is 6.33. The summed E-state index contributed by atoms with van der Waals surface area (Å²) < 4.78 is 18.2. The molecule has 1 heterocycles. The van der Waals surface area contributed by atoms with Crippen LogP contribution in [0.2, 0.25) is 0 Å². The average molecular weight is 338 g/mol. The molecular weight excluding hydrogens is 315 g/mol. The summed E-state index contributed by atoms with van der Waals surface area (Å²) in [7, 11) is 0. The Kier molecular flexibility index (Phi) is 6.28. The fraction of sp³-hybridized carbons (Fsp3) is 0.529. The van der Waals surface area contributed by atoms with Crippen molar-refractivity contribution in [2.24, 2.45) is 5.92 Å². The van der Waals surface area contributed by atoms with Crippen molar-refractivity contribution in [3.63, 3.8) is 0 Å². The van der Waals surface area contributed by atoms with Crippen molar-refractivity contribution in [3.8, 4) is 0 Å². The van der Waals surface area contributed by atoms with E-state index in [1.54, 1.807) is 0 Å². The topological polar surface area (TPSA) is 87.7 Å². The number of aliphatic hydroxyl groups is 1. The summed E-state index contributed by atoms with van der Waals surface area (Å²) in [5.41, 5.74) is 0.154. The van der Waals surface area contributed by atoms with E-state index < -0.39 is 30.1 Å². The maximum atomic E-state index is 13.2. The monoisotopic (exact) mass is 338 g/mol. The van der Waals surface area contributed by atoms with Gasteiger partial charge in [-0.1, -0.05) is 19.9 Å². The van der Waals surface area contributed by atoms with Crippen LogP contribution in [0.25, 0.3) is 0 Å². The third-order valence-corrected chi connectivity index (χ3v) is 3.81. The molecule has 1 saturated heterocycles. The molecule has 1 fully saturated rings. The first-order valence-corrected chi connectivity index (χ1v) is 8.03. The Morgan fingerprint density at radius 1 is 1.42 bits per heavy atom. The normalized spacial score (nSPS) is 21.5. The van der Waals surface area contributed by atoms with Crippen LogP contribution >= 0.6 is 0 Å². The van der Waals surface area contributed by atoms with Gasteiger partial charge in [-0.2, -0.15) is 0 Å². The fourth-order valence-electron chi connectivity index (χ4n) is 2.58. The summed E-state index contributed by atoms with van der Waals surface area (Å²) in [6.45, 7) is 4.24. The van der Waals surface area contributed by atoms with E-state index in [0.717, 1.165) is 6.07 Å². The first-order valence-electron chi connectivity index (χ1n) is 8.03. The van der Waals surface area contributed by atoms with Crippen molar-refractivity contribution < 1.29 is 23.8 Å². The molecule has 0 aromatic heterocycles. The van der Waals surface area contributed by atoms with Gasteiger partial charge in [0.05, 0.1) is 12.6 Å². The van der Waals surface area contributed by atoms with Crippen molar-refractivity contribution >= 4 is 11.8 Å². The summed E-state index contributed by atoms with van der Waals surface area (Å²) >= 11 is 0. The van der Waals surface area contributed by atoms with E-state index >= 15 is 0 Å². The minimum Gasteiger partial charge on any atom is -0.366 e. The summed E-state index contributed by atoms with van der Waals surface area (Å²) in [4.78, 5) is 24.7. The van der Waals surface area contributed by atoms with E-state index in [-0.39, 0.29) is 17.4 Å². The van der Waals surface area contributed by atoms with Crippen LogP contribution < -0.4 is 10.6 Å². The fourth-order valence-corrected chi connectivity index (χ4v) is 2.58. The van der Waals surface area contributed by atoms with Gasteiger partial charge in [0.1, 0.15) is 11.9 Å². The molecule has 1 aromatic rings. The quantitative estimate of drug-likeness (QED) is 0.727. The van der Waals surface area contributed by atoms with E-state index in [0.29, 0.717) is 19.4 Å². The Hall–Kier alpha value is -1.99. The van der Waals surface area contributed by atoms with Gasteiger partial charge in [0, 0.05) is 5.56 Å². The summed E-state index contributed by atoms with van der Waals surface area (Å²) in [6, 6.07) is 4.03. The molecule has 2 rings (SSSR count). The van der Waals surface area contributed by atoms with Crippen molar-refractivity contribution in [3.05, 3.63) is 35.6 Å². The molecule has 0 aliphatic carbocycles. The molecule has 132 valence electrons. The zero-order valence-electron chi connectivity index (χ0n) is 13.8. The Morgan fingerprint density at radius 3 is 2.75 bits per heavy atom. The van der Waals surface area contributed by atoms with Gasteiger partial charge in [-0.15, -0.1) is 0 Å². The molecule has 2 amide bonds. The number of ether oxygens (including phenoxy) is 1. The van der Waals surface area contributed by atoms with Crippen molar-refractivity contribution in [1.82, 2.24) is 10.6 Å². The van der Waals surface area contributed by atoms with Gasteiger partial charge in [-0.3, -0.25) is 9.59 Å². The SMILES string of the molecule is CC(C)CC(NC(=O)c1cccc(F)c1)C(=O)N[C@H]1CCOC1O. The van der Waals surface area contributed by atoms with Gasteiger partial charge in [-0.25, -0.2) is 4.39 Å². The molecular formula is C17H23FN2O4. The first kappa shape index (κ1) is 18.4. The van der Waals surface area contributed by atoms with Crippen molar-refractivity contribution in [2.75, 3.05) is 6.61 Å². The van der Waals surface area contributed by atoms with Crippen LogP contribution in [0.15, 0.2) is 24.3 Å². The molecule has 0 spiro atoms. The molecule has 0 bridgehead atoms. The molecule has 1 aromatic carbocycles. The van der Waals surface area contributed by atoms with Crippen molar-refractivity contribution in [1.29, 1.82) is 0 Å². The lowest BCUT2D eigenvalue weighted by Gasteiger charge is -2.23. The minimum absolute atomic E-state index is 0.154. The highest BCUT2D eigenvalue weighted by Gasteiger charge is 2.31. The van der Waals surface area contributed by atoms with E-state index in [9.17, 15) is 19.1 Å². The number of benzene rings is 1. The van der Waals surface area contributed by atoms with Crippen LogP contribution in [-0.2, 0) is 9.53 Å². The van der Waals surface area contributed by atoms with Crippen LogP contribution in [0.5, 0.6) is 0 Å². The molecule has 3 atom stereocenters. The van der Waals surface area contributed by atoms with Crippen molar-refractivity contribution in [2.45, 2.75) is 45.1 Å². The third kappa shape index (κ3) is 5.01. The van der Waals surface area contributed by atoms with Crippen LogP contribution in [0.1, 0.15) is 37.0 Å². The molecule has 2 unspecified atom stereocenters. The number of rotatable bonds is 6. The second kappa shape index (κ2) is 8.21. The van der Waals surface area contributed by atoms with Gasteiger partial charge in [0.2, 0.25) is 5.91 Å². The highest BCUT2D eigenvalue weighted by molar-refractivity contribution is 5.97. The lowest BCUT2D eigenvalue weighted by Crippen LogP contribution is -2.51. The van der Waals surface area contributed by atoms with Gasteiger partial charge in [0.15, 0.2) is 6.29 Å². The standard InChI is InChI=1S/C17H23FN2O4/c1-10(2)8-14(16(22)19-13-6-7-24-17(13)23)20-15(21)11-4-3-5-12(18)9-11/h3-5,9-10,13-14,17,23H,6-8H2,1-2H3,(H,19,22)(H,20,21)/t13-,14?,17?/m0/s1. The summed E-state index contributed by atoms with van der Waals surface area (Å²) in [6.07, 6.45) is -0.0945. The molecule has 3 N–H and O–H groups in total. The molecule has 24 heavy (non-hydrogen) atoms. The summed E-state index contributed by atoms with van der Waals surface area (Å²) in [5, 5.41) is 15.0. The Labute approximate surface area is 140 Å². The number of hydrogen-bond donors (Lipinski definition) is 3. The maximum Gasteiger partial charge on any atom is 0.252 e. The Morgan fingerprint density at radius 2 is 2.17 bits per heavy atom. The predicted molar refractivity (Wildman–Crippen MR) is 85.6 cm³/mol. The van der Waals surface area contributed by atoms with Crippen LogP contribution in [0, 0.1) is 11.7 Å². The highest BCUT2D eigenvalue weighted by atomic mass is 19.1. The van der Waals surface area contributed by atoms with Gasteiger partial charge >= 0.3 is 0 Å². The minimum atomic E-state index is -1.03. The summed E-state index contributed by atoms with van der Waals surface area (Å²) in [5.74, 6) is -1.25. The number of hydrogen-bond acceptors (Lipinski definition) is 4. The highest BCUT2D eigenvalue weighted by Crippen LogP contribution is 2.13. The largest absolute Gasteiger partial charge is 0.366 e. The van der Waals surface area contributed by atoms with E-state index in [4.69, 9.17) is 4.74 Å². The molecule has 0 radical (unpaired) electrons. The molecule has 7 heteroatoms. The molecule has 6 nitrogen and oxygen atoms in total. The molecule has 1 aliphatic heterocycles. The number of halogens is 1. The van der Waals surface area contributed by atoms with Gasteiger partial charge < -0.3 is 20.5 Å². The number of aliphatic hydroxyl groups excluding tert-OH is 1. The van der Waals surface area contributed by atoms with E-state index in [1.807, 2.05) is 13.8 Å².